The molecule has 7 heteroatoms. The highest BCUT2D eigenvalue weighted by Crippen LogP contribution is 2.26. The van der Waals surface area contributed by atoms with Gasteiger partial charge in [-0.25, -0.2) is 5.10 Å². The summed E-state index contributed by atoms with van der Waals surface area (Å²) in [6.45, 7) is 1.97. The lowest BCUT2D eigenvalue weighted by atomic mass is 10.2. The largest absolute Gasteiger partial charge is 0.376 e. The Morgan fingerprint density at radius 1 is 1.35 bits per heavy atom. The Morgan fingerprint density at radius 2 is 2.23 bits per heavy atom. The number of carbonyl (C=O) groups is 1. The standard InChI is InChI=1S/C19H22N4O3/c24-17(20-11-13-5-4-10-26-13)8-3-9-23-16-7-2-1-6-14(16)15-12-21-22-19(25)18(15)23/h1-2,6-7,12-13H,3-5,8-11H2,(H,20,24)(H,22,25). The van der Waals surface area contributed by atoms with E-state index < -0.39 is 0 Å². The van der Waals surface area contributed by atoms with E-state index in [2.05, 4.69) is 15.5 Å². The lowest BCUT2D eigenvalue weighted by Gasteiger charge is -2.11. The number of H-pyrrole nitrogens is 1. The molecule has 1 aliphatic heterocycles. The van der Waals surface area contributed by atoms with Gasteiger partial charge in [-0.15, -0.1) is 0 Å². The number of carbonyl (C=O) groups excluding carboxylic acids is 1. The average molecular weight is 354 g/mol. The van der Waals surface area contributed by atoms with Crippen LogP contribution in [0.15, 0.2) is 35.3 Å². The number of ether oxygens (including phenoxy) is 1. The van der Waals surface area contributed by atoms with E-state index in [1.165, 1.54) is 0 Å². The molecule has 0 bridgehead atoms. The SMILES string of the molecule is O=C(CCCn1c2ccccc2c2cn[nH]c(=O)c21)NCC1CCCO1. The third-order valence-electron chi connectivity index (χ3n) is 4.92. The molecule has 1 aromatic carbocycles. The van der Waals surface area contributed by atoms with E-state index >= 15 is 0 Å². The fourth-order valence-corrected chi connectivity index (χ4v) is 3.67. The summed E-state index contributed by atoms with van der Waals surface area (Å²) in [4.78, 5) is 24.4. The van der Waals surface area contributed by atoms with Gasteiger partial charge in [0.15, 0.2) is 0 Å². The molecule has 0 aliphatic carbocycles. The lowest BCUT2D eigenvalue weighted by molar-refractivity contribution is -0.121. The van der Waals surface area contributed by atoms with Gasteiger partial charge in [-0.3, -0.25) is 9.59 Å². The monoisotopic (exact) mass is 354 g/mol. The Balaban J connectivity index is 1.46. The number of rotatable bonds is 6. The van der Waals surface area contributed by atoms with E-state index in [0.717, 1.165) is 35.7 Å². The molecule has 1 amide bonds. The average Bonchev–Trinajstić information content (AvgIpc) is 3.28. The number of nitrogens with zero attached hydrogens (tertiary/aromatic N) is 2. The molecule has 2 N–H and O–H groups in total. The number of amides is 1. The Labute approximate surface area is 150 Å². The van der Waals surface area contributed by atoms with Crippen molar-refractivity contribution in [3.8, 4) is 0 Å². The molecule has 136 valence electrons. The van der Waals surface area contributed by atoms with Crippen LogP contribution in [0.5, 0.6) is 0 Å². The van der Waals surface area contributed by atoms with Crippen LogP contribution in [0.4, 0.5) is 0 Å². The van der Waals surface area contributed by atoms with Crippen molar-refractivity contribution in [3.05, 3.63) is 40.8 Å². The molecule has 3 heterocycles. The Kier molecular flexibility index (Phi) is 4.71. The number of nitrogens with one attached hydrogen (secondary N) is 2. The third kappa shape index (κ3) is 3.22. The molecule has 2 aromatic heterocycles. The second-order valence-electron chi connectivity index (χ2n) is 6.67. The van der Waals surface area contributed by atoms with Gasteiger partial charge in [-0.05, 0) is 25.3 Å². The molecule has 0 saturated carbocycles. The zero-order valence-corrected chi connectivity index (χ0v) is 14.5. The summed E-state index contributed by atoms with van der Waals surface area (Å²) in [5, 5.41) is 11.2. The highest BCUT2D eigenvalue weighted by Gasteiger charge is 2.17. The fraction of sp³-hybridized carbons (Fsp3) is 0.421. The van der Waals surface area contributed by atoms with E-state index in [-0.39, 0.29) is 17.6 Å². The molecule has 1 aliphatic rings. The van der Waals surface area contributed by atoms with Crippen LogP contribution in [0.3, 0.4) is 0 Å². The van der Waals surface area contributed by atoms with Crippen molar-refractivity contribution in [2.24, 2.45) is 0 Å². The molecule has 0 spiro atoms. The van der Waals surface area contributed by atoms with Crippen molar-refractivity contribution < 1.29 is 9.53 Å². The number of hydrogen-bond donors (Lipinski definition) is 2. The van der Waals surface area contributed by atoms with Gasteiger partial charge < -0.3 is 14.6 Å². The normalized spacial score (nSPS) is 17.2. The fourth-order valence-electron chi connectivity index (χ4n) is 3.67. The first-order valence-electron chi connectivity index (χ1n) is 9.07. The van der Waals surface area contributed by atoms with E-state index in [1.807, 2.05) is 28.8 Å². The molecule has 1 fully saturated rings. The van der Waals surface area contributed by atoms with Gasteiger partial charge in [0.25, 0.3) is 5.56 Å². The van der Waals surface area contributed by atoms with Crippen LogP contribution in [0.25, 0.3) is 21.8 Å². The first-order chi connectivity index (χ1) is 12.7. The van der Waals surface area contributed by atoms with Gasteiger partial charge in [0.1, 0.15) is 5.52 Å². The van der Waals surface area contributed by atoms with Crippen molar-refractivity contribution in [2.45, 2.75) is 38.3 Å². The summed E-state index contributed by atoms with van der Waals surface area (Å²) >= 11 is 0. The minimum atomic E-state index is -0.207. The zero-order valence-electron chi connectivity index (χ0n) is 14.5. The summed E-state index contributed by atoms with van der Waals surface area (Å²) in [5.41, 5.74) is 1.39. The van der Waals surface area contributed by atoms with E-state index in [4.69, 9.17) is 4.74 Å². The molecular formula is C19H22N4O3. The molecular weight excluding hydrogens is 332 g/mol. The predicted octanol–water partition coefficient (Wildman–Crippen LogP) is 1.95. The highest BCUT2D eigenvalue weighted by atomic mass is 16.5. The van der Waals surface area contributed by atoms with Crippen molar-refractivity contribution >= 4 is 27.7 Å². The number of fused-ring (bicyclic) bond motifs is 3. The molecule has 1 unspecified atom stereocenters. The first-order valence-corrected chi connectivity index (χ1v) is 9.07. The van der Waals surface area contributed by atoms with Crippen molar-refractivity contribution in [1.82, 2.24) is 20.1 Å². The molecule has 7 nitrogen and oxygen atoms in total. The van der Waals surface area contributed by atoms with Crippen molar-refractivity contribution in [3.63, 3.8) is 0 Å². The Bertz CT molecular complexity index is 985. The lowest BCUT2D eigenvalue weighted by Crippen LogP contribution is -2.31. The van der Waals surface area contributed by atoms with Gasteiger partial charge in [0.05, 0.1) is 12.3 Å². The van der Waals surface area contributed by atoms with Crippen LogP contribution < -0.4 is 10.9 Å². The quantitative estimate of drug-likeness (QED) is 0.708. The second-order valence-corrected chi connectivity index (χ2v) is 6.67. The van der Waals surface area contributed by atoms with Gasteiger partial charge in [0.2, 0.25) is 5.91 Å². The number of para-hydroxylation sites is 1. The van der Waals surface area contributed by atoms with Gasteiger partial charge in [-0.1, -0.05) is 18.2 Å². The molecule has 1 saturated heterocycles. The van der Waals surface area contributed by atoms with Crippen molar-refractivity contribution in [2.75, 3.05) is 13.2 Å². The van der Waals surface area contributed by atoms with E-state index in [0.29, 0.717) is 31.4 Å². The predicted molar refractivity (Wildman–Crippen MR) is 99.1 cm³/mol. The molecule has 3 aromatic rings. The van der Waals surface area contributed by atoms with Crippen LogP contribution in [-0.2, 0) is 16.1 Å². The Morgan fingerprint density at radius 3 is 3.08 bits per heavy atom. The molecule has 0 radical (unpaired) electrons. The molecule has 1 atom stereocenters. The van der Waals surface area contributed by atoms with E-state index in [1.54, 1.807) is 6.20 Å². The summed E-state index contributed by atoms with van der Waals surface area (Å²) in [6, 6.07) is 7.88. The van der Waals surface area contributed by atoms with Crippen molar-refractivity contribution in [1.29, 1.82) is 0 Å². The Hall–Kier alpha value is -2.67. The van der Waals surface area contributed by atoms with Crippen LogP contribution in [0.1, 0.15) is 25.7 Å². The maximum Gasteiger partial charge on any atom is 0.288 e. The third-order valence-corrected chi connectivity index (χ3v) is 4.92. The minimum Gasteiger partial charge on any atom is -0.376 e. The summed E-state index contributed by atoms with van der Waals surface area (Å²) in [6.07, 6.45) is 5.00. The first kappa shape index (κ1) is 16.8. The van der Waals surface area contributed by atoms with Gasteiger partial charge >= 0.3 is 0 Å². The van der Waals surface area contributed by atoms with E-state index in [9.17, 15) is 9.59 Å². The van der Waals surface area contributed by atoms with Crippen LogP contribution in [-0.4, -0.2) is 39.9 Å². The highest BCUT2D eigenvalue weighted by molar-refractivity contribution is 6.07. The van der Waals surface area contributed by atoms with Gasteiger partial charge in [-0.2, -0.15) is 5.10 Å². The van der Waals surface area contributed by atoms with Crippen LogP contribution >= 0.6 is 0 Å². The summed E-state index contributed by atoms with van der Waals surface area (Å²) in [5.74, 6) is 0.0249. The topological polar surface area (TPSA) is 89.0 Å². The minimum absolute atomic E-state index is 0.0249. The number of aromatic nitrogens is 3. The molecule has 4 rings (SSSR count). The maximum atomic E-state index is 12.3. The number of benzene rings is 1. The van der Waals surface area contributed by atoms with Crippen LogP contribution in [0.2, 0.25) is 0 Å². The zero-order chi connectivity index (χ0) is 17.9. The summed E-state index contributed by atoms with van der Waals surface area (Å²) < 4.78 is 7.50. The van der Waals surface area contributed by atoms with Crippen LogP contribution in [0, 0.1) is 0 Å². The summed E-state index contributed by atoms with van der Waals surface area (Å²) in [7, 11) is 0. The molecule has 26 heavy (non-hydrogen) atoms. The number of hydrogen-bond acceptors (Lipinski definition) is 4. The second kappa shape index (κ2) is 7.29. The van der Waals surface area contributed by atoms with Gasteiger partial charge in [0, 0.05) is 42.4 Å². The number of aromatic amines is 1. The smallest absolute Gasteiger partial charge is 0.288 e. The number of aryl methyl sites for hydroxylation is 1. The maximum absolute atomic E-state index is 12.3.